The molecule has 0 spiro atoms. The zero-order chi connectivity index (χ0) is 43.1. The third-order valence-corrected chi connectivity index (χ3v) is 9.34. The second-order valence-corrected chi connectivity index (χ2v) is 14.2. The van der Waals surface area contributed by atoms with Crippen LogP contribution in [-0.4, -0.2) is 57.5 Å². The van der Waals surface area contributed by atoms with Crippen molar-refractivity contribution in [3.8, 4) is 5.75 Å². The maximum Gasteiger partial charge on any atom is 0.315 e. The van der Waals surface area contributed by atoms with E-state index in [1.54, 1.807) is 85.2 Å². The predicted molar refractivity (Wildman–Crippen MR) is 238 cm³/mol. The first-order valence-corrected chi connectivity index (χ1v) is 20.4. The van der Waals surface area contributed by atoms with Crippen molar-refractivity contribution in [2.75, 3.05) is 49.7 Å². The second kappa shape index (κ2) is 21.0. The fourth-order valence-corrected chi connectivity index (χ4v) is 6.23. The molecule has 0 radical (unpaired) electrons. The Labute approximate surface area is 356 Å². The van der Waals surface area contributed by atoms with Crippen molar-refractivity contribution < 1.29 is 27.1 Å². The van der Waals surface area contributed by atoms with E-state index in [2.05, 4.69) is 40.0 Å². The van der Waals surface area contributed by atoms with Crippen LogP contribution in [0.2, 0.25) is 0 Å². The van der Waals surface area contributed by atoms with E-state index >= 15 is 0 Å². The summed E-state index contributed by atoms with van der Waals surface area (Å²) in [6, 6.07) is 41.1. The molecule has 0 saturated heterocycles. The van der Waals surface area contributed by atoms with Gasteiger partial charge in [0.05, 0.1) is 6.42 Å². The number of carbonyl (C=O) groups is 1. The highest BCUT2D eigenvalue weighted by molar-refractivity contribution is 7.80. The Hall–Kier alpha value is -7.45. The Morgan fingerprint density at radius 3 is 1.56 bits per heavy atom. The number of benzene rings is 5. The standard InChI is InChI=1S/C25H23N5O4S.C17H18N6O2S/c1-30(21-12-10-18(11-13-21)16-24(31)34-22-8-3-2-4-9-22)23-14-15-26-25(28-23)27-19-6-5-7-20(17-19)29-35(32)33;1-23(15-7-5-12(18)6-8-15)16-9-10-19-17(21-16)20-13-3-2-4-14(11-13)22-26(24)25/h2-15,17,29H,16H2,1H3,(H,32,33)(H,26,27,28);2-11,22H,18H2,1H3,(H,24,25)(H,19,20,21)/p-2. The lowest BCUT2D eigenvalue weighted by Gasteiger charge is -2.19. The smallest absolute Gasteiger partial charge is 0.315 e. The van der Waals surface area contributed by atoms with E-state index in [9.17, 15) is 22.3 Å². The number of aromatic nitrogens is 4. The van der Waals surface area contributed by atoms with Gasteiger partial charge >= 0.3 is 5.97 Å². The molecule has 7 aromatic rings. The van der Waals surface area contributed by atoms with Gasteiger partial charge in [-0.25, -0.2) is 9.97 Å². The maximum atomic E-state index is 12.2. The summed E-state index contributed by atoms with van der Waals surface area (Å²) in [5, 5.41) is 6.14. The number of nitrogens with one attached hydrogen (secondary N) is 4. The van der Waals surface area contributed by atoms with E-state index in [-0.39, 0.29) is 12.4 Å². The molecule has 0 saturated carbocycles. The highest BCUT2D eigenvalue weighted by Gasteiger charge is 2.11. The predicted octanol–water partition coefficient (Wildman–Crippen LogP) is 7.12. The molecule has 0 aliphatic carbocycles. The first-order valence-electron chi connectivity index (χ1n) is 18.3. The zero-order valence-corrected chi connectivity index (χ0v) is 34.3. The third kappa shape index (κ3) is 13.3. The fourth-order valence-electron chi connectivity index (χ4n) is 5.59. The summed E-state index contributed by atoms with van der Waals surface area (Å²) >= 11 is -4.79. The van der Waals surface area contributed by atoms with Crippen LogP contribution in [0.4, 0.5) is 63.3 Å². The minimum atomic E-state index is -2.41. The summed E-state index contributed by atoms with van der Waals surface area (Å²) in [6.07, 6.45) is 3.44. The molecule has 61 heavy (non-hydrogen) atoms. The van der Waals surface area contributed by atoms with Crippen molar-refractivity contribution in [1.29, 1.82) is 0 Å². The van der Waals surface area contributed by atoms with E-state index in [4.69, 9.17) is 10.5 Å². The average molecular weight is 858 g/mol. The van der Waals surface area contributed by atoms with Crippen LogP contribution in [0.15, 0.2) is 152 Å². The molecule has 312 valence electrons. The van der Waals surface area contributed by atoms with Crippen molar-refractivity contribution in [3.05, 3.63) is 157 Å². The van der Waals surface area contributed by atoms with Crippen LogP contribution in [0.1, 0.15) is 5.56 Å². The summed E-state index contributed by atoms with van der Waals surface area (Å²) in [6.45, 7) is 0. The fraction of sp³-hybridized carbons (Fsp3) is 0.0714. The van der Waals surface area contributed by atoms with Gasteiger partial charge in [0.15, 0.2) is 0 Å². The molecule has 0 aliphatic heterocycles. The van der Waals surface area contributed by atoms with E-state index in [1.165, 1.54) is 0 Å². The normalized spacial score (nSPS) is 11.5. The number of nitrogens with two attached hydrogens (primary N) is 1. The van der Waals surface area contributed by atoms with Gasteiger partial charge < -0.3 is 49.5 Å². The zero-order valence-electron chi connectivity index (χ0n) is 32.7. The van der Waals surface area contributed by atoms with Crippen molar-refractivity contribution >= 4 is 91.8 Å². The summed E-state index contributed by atoms with van der Waals surface area (Å²) in [7, 11) is 3.77. The van der Waals surface area contributed by atoms with Gasteiger partial charge in [-0.1, -0.05) is 42.5 Å². The molecule has 0 amide bonds. The van der Waals surface area contributed by atoms with Crippen molar-refractivity contribution in [3.63, 3.8) is 0 Å². The molecular formula is C42H39N11O6S2-2. The summed E-state index contributed by atoms with van der Waals surface area (Å²) in [5.41, 5.74) is 11.2. The highest BCUT2D eigenvalue weighted by atomic mass is 32.2. The first-order chi connectivity index (χ1) is 29.5. The first kappa shape index (κ1) is 43.1. The molecular weight excluding hydrogens is 819 g/mol. The Balaban J connectivity index is 0.000000213. The van der Waals surface area contributed by atoms with E-state index in [1.807, 2.05) is 90.6 Å². The van der Waals surface area contributed by atoms with Crippen LogP contribution in [0.5, 0.6) is 5.75 Å². The van der Waals surface area contributed by atoms with Crippen LogP contribution in [-0.2, 0) is 33.7 Å². The highest BCUT2D eigenvalue weighted by Crippen LogP contribution is 2.26. The quantitative estimate of drug-likeness (QED) is 0.0299. The summed E-state index contributed by atoms with van der Waals surface area (Å²) < 4.78 is 53.2. The topological polar surface area (TPSA) is 239 Å². The van der Waals surface area contributed by atoms with Crippen LogP contribution >= 0.6 is 0 Å². The van der Waals surface area contributed by atoms with E-state index < -0.39 is 22.5 Å². The second-order valence-electron chi connectivity index (χ2n) is 12.9. The number of nitrogen functional groups attached to an aromatic ring is 1. The van der Waals surface area contributed by atoms with E-state index in [0.717, 1.165) is 16.9 Å². The molecule has 0 aliphatic rings. The molecule has 7 rings (SSSR count). The molecule has 0 fully saturated rings. The summed E-state index contributed by atoms with van der Waals surface area (Å²) in [5.74, 6) is 2.28. The molecule has 2 heterocycles. The Morgan fingerprint density at radius 2 is 1.08 bits per heavy atom. The van der Waals surface area contributed by atoms with Crippen molar-refractivity contribution in [2.45, 2.75) is 6.42 Å². The molecule has 5 aromatic carbocycles. The maximum absolute atomic E-state index is 12.2. The number of carbonyl (C=O) groups excluding carboxylic acids is 1. The molecule has 2 atom stereocenters. The van der Waals surface area contributed by atoms with Gasteiger partial charge in [0.25, 0.3) is 0 Å². The minimum absolute atomic E-state index is 0.161. The number of rotatable bonds is 15. The third-order valence-electron chi connectivity index (χ3n) is 8.54. The lowest BCUT2D eigenvalue weighted by molar-refractivity contribution is -0.133. The number of esters is 1. The average Bonchev–Trinajstić information content (AvgIpc) is 3.24. The number of ether oxygens (including phenoxy) is 1. The Kier molecular flexibility index (Phi) is 14.8. The van der Waals surface area contributed by atoms with Gasteiger partial charge in [0.1, 0.15) is 17.4 Å². The Bertz CT molecular complexity index is 2590. The SMILES string of the molecule is CN(c1ccc(CC(=O)Oc2ccccc2)cc1)c1ccnc(Nc2cccc(NS(=O)[O-])c2)n1.CN(c1ccc(N)cc1)c1ccnc(Nc2cccc(NS(=O)[O-])c2)n1. The van der Waals surface area contributed by atoms with Crippen molar-refractivity contribution in [2.24, 2.45) is 0 Å². The van der Waals surface area contributed by atoms with Gasteiger partial charge in [0, 0.05) is 88.8 Å². The molecule has 0 bridgehead atoms. The van der Waals surface area contributed by atoms with E-state index in [0.29, 0.717) is 57.7 Å². The number of hydrogen-bond donors (Lipinski definition) is 5. The van der Waals surface area contributed by atoms with Crippen LogP contribution < -0.4 is 40.3 Å². The van der Waals surface area contributed by atoms with Crippen LogP contribution in [0, 0.1) is 0 Å². The number of anilines is 11. The van der Waals surface area contributed by atoms with Gasteiger partial charge in [-0.05, 0) is 103 Å². The molecule has 2 unspecified atom stereocenters. The van der Waals surface area contributed by atoms with Crippen LogP contribution in [0.3, 0.4) is 0 Å². The van der Waals surface area contributed by atoms with Gasteiger partial charge in [-0.15, -0.1) is 0 Å². The molecule has 19 heteroatoms. The molecule has 6 N–H and O–H groups in total. The number of nitrogens with zero attached hydrogens (tertiary/aromatic N) is 6. The van der Waals surface area contributed by atoms with Gasteiger partial charge in [-0.2, -0.15) is 9.97 Å². The number of hydrogen-bond acceptors (Lipinski definition) is 15. The van der Waals surface area contributed by atoms with Crippen LogP contribution in [0.25, 0.3) is 0 Å². The molecule has 17 nitrogen and oxygen atoms in total. The largest absolute Gasteiger partial charge is 0.755 e. The van der Waals surface area contributed by atoms with Crippen molar-refractivity contribution in [1.82, 2.24) is 19.9 Å². The summed E-state index contributed by atoms with van der Waals surface area (Å²) in [4.78, 5) is 33.5. The van der Waals surface area contributed by atoms with Gasteiger partial charge in [-0.3, -0.25) is 13.2 Å². The minimum Gasteiger partial charge on any atom is -0.755 e. The van der Waals surface area contributed by atoms with Gasteiger partial charge in [0.2, 0.25) is 11.9 Å². The number of para-hydroxylation sites is 1. The lowest BCUT2D eigenvalue weighted by Crippen LogP contribution is -2.13. The lowest BCUT2D eigenvalue weighted by atomic mass is 10.1. The monoisotopic (exact) mass is 857 g/mol. The Morgan fingerprint density at radius 1 is 0.623 bits per heavy atom. The molecule has 2 aromatic heterocycles.